The van der Waals surface area contributed by atoms with Gasteiger partial charge in [-0.15, -0.1) is 0 Å². The van der Waals surface area contributed by atoms with Gasteiger partial charge in [-0.25, -0.2) is 0 Å². The maximum Gasteiger partial charge on any atom is 0.246 e. The minimum Gasteiger partial charge on any atom is -0.309 e. The number of para-hydroxylation sites is 6. The number of hydrogen-bond donors (Lipinski definition) is 0. The summed E-state index contributed by atoms with van der Waals surface area (Å²) in [4.78, 5) is 4.92. The third kappa shape index (κ3) is 3.50. The van der Waals surface area contributed by atoms with Gasteiger partial charge in [-0.1, -0.05) is 115 Å². The zero-order valence-corrected chi connectivity index (χ0v) is 25.1. The highest BCUT2D eigenvalue weighted by Crippen LogP contribution is 2.54. The van der Waals surface area contributed by atoms with Crippen LogP contribution in [-0.4, -0.2) is 11.3 Å². The van der Waals surface area contributed by atoms with Gasteiger partial charge in [0.15, 0.2) is 0 Å². The molecule has 1 aromatic heterocycles. The molecule has 0 spiro atoms. The van der Waals surface area contributed by atoms with Gasteiger partial charge in [-0.3, -0.25) is 0 Å². The Bertz CT molecular complexity index is 2390. The smallest absolute Gasteiger partial charge is 0.246 e. The molecule has 0 fully saturated rings. The monoisotopic (exact) mass is 585 g/mol. The molecule has 7 aromatic carbocycles. The number of aromatic nitrogens is 1. The summed E-state index contributed by atoms with van der Waals surface area (Å²) < 4.78 is 2.43. The van der Waals surface area contributed by atoms with Crippen LogP contribution in [0.3, 0.4) is 0 Å². The molecule has 0 N–H and O–H groups in total. The Hall–Kier alpha value is -6.00. The Morgan fingerprint density at radius 2 is 0.957 bits per heavy atom. The van der Waals surface area contributed by atoms with Crippen molar-refractivity contribution in [3.05, 3.63) is 170 Å². The lowest BCUT2D eigenvalue weighted by atomic mass is 9.35. The summed E-state index contributed by atoms with van der Waals surface area (Å²) in [7, 11) is 0. The number of benzene rings is 7. The van der Waals surface area contributed by atoms with Gasteiger partial charge in [0, 0.05) is 27.8 Å². The van der Waals surface area contributed by atoms with Crippen LogP contribution in [0.1, 0.15) is 0 Å². The maximum atomic E-state index is 2.50. The van der Waals surface area contributed by atoms with Crippen molar-refractivity contribution in [3.8, 4) is 5.69 Å². The molecular formula is C42H28BN3. The summed E-state index contributed by atoms with van der Waals surface area (Å²) in [5, 5.41) is 2.55. The molecule has 0 saturated carbocycles. The summed E-state index contributed by atoms with van der Waals surface area (Å²) >= 11 is 0. The molecule has 214 valence electrons. The van der Waals surface area contributed by atoms with Crippen LogP contribution < -0.4 is 26.2 Å². The van der Waals surface area contributed by atoms with Crippen LogP contribution in [0.25, 0.3) is 27.5 Å². The van der Waals surface area contributed by atoms with Crippen molar-refractivity contribution in [2.45, 2.75) is 0 Å². The second-order valence-electron chi connectivity index (χ2n) is 12.2. The van der Waals surface area contributed by atoms with Gasteiger partial charge in [-0.2, -0.15) is 0 Å². The maximum absolute atomic E-state index is 2.50. The average Bonchev–Trinajstić information content (AvgIpc) is 3.46. The molecule has 0 unspecified atom stereocenters. The highest BCUT2D eigenvalue weighted by Gasteiger charge is 2.41. The van der Waals surface area contributed by atoms with Crippen LogP contribution in [-0.2, 0) is 0 Å². The van der Waals surface area contributed by atoms with E-state index in [1.807, 2.05) is 0 Å². The van der Waals surface area contributed by atoms with Gasteiger partial charge in [-0.05, 0) is 71.6 Å². The van der Waals surface area contributed by atoms with Gasteiger partial charge >= 0.3 is 0 Å². The van der Waals surface area contributed by atoms with E-state index in [0.717, 1.165) is 5.69 Å². The van der Waals surface area contributed by atoms with Crippen molar-refractivity contribution in [2.24, 2.45) is 0 Å². The second-order valence-corrected chi connectivity index (χ2v) is 12.2. The fraction of sp³-hybridized carbons (Fsp3) is 0. The van der Waals surface area contributed by atoms with E-state index in [4.69, 9.17) is 0 Å². The molecule has 4 heteroatoms. The van der Waals surface area contributed by atoms with Crippen LogP contribution in [0.5, 0.6) is 0 Å². The predicted molar refractivity (Wildman–Crippen MR) is 195 cm³/mol. The van der Waals surface area contributed by atoms with Crippen LogP contribution in [0.4, 0.5) is 34.1 Å². The van der Waals surface area contributed by atoms with Crippen LogP contribution >= 0.6 is 0 Å². The largest absolute Gasteiger partial charge is 0.309 e. The van der Waals surface area contributed by atoms with Crippen molar-refractivity contribution in [1.29, 1.82) is 0 Å². The Morgan fingerprint density at radius 3 is 1.67 bits per heavy atom. The molecule has 46 heavy (non-hydrogen) atoms. The van der Waals surface area contributed by atoms with Crippen molar-refractivity contribution < 1.29 is 0 Å². The lowest BCUT2D eigenvalue weighted by Gasteiger charge is -2.45. The summed E-state index contributed by atoms with van der Waals surface area (Å²) in [6, 6.07) is 62.0. The number of anilines is 6. The van der Waals surface area contributed by atoms with Gasteiger partial charge in [0.25, 0.3) is 0 Å². The van der Waals surface area contributed by atoms with Gasteiger partial charge in [0.1, 0.15) is 0 Å². The second kappa shape index (κ2) is 9.75. The number of rotatable bonds is 3. The molecule has 3 nitrogen and oxygen atoms in total. The fourth-order valence-electron chi connectivity index (χ4n) is 7.89. The molecular weight excluding hydrogens is 557 g/mol. The van der Waals surface area contributed by atoms with E-state index in [2.05, 4.69) is 184 Å². The first-order valence-corrected chi connectivity index (χ1v) is 15.9. The number of fused-ring (bicyclic) bond motifs is 7. The predicted octanol–water partition coefficient (Wildman–Crippen LogP) is 8.87. The van der Waals surface area contributed by atoms with Crippen molar-refractivity contribution in [1.82, 2.24) is 4.57 Å². The Labute approximate surface area is 268 Å². The molecule has 10 rings (SSSR count). The zero-order valence-electron chi connectivity index (χ0n) is 25.1. The van der Waals surface area contributed by atoms with E-state index >= 15 is 0 Å². The highest BCUT2D eigenvalue weighted by molar-refractivity contribution is 6.98. The first kappa shape index (κ1) is 25.3. The Kier molecular flexibility index (Phi) is 5.37. The van der Waals surface area contributed by atoms with Crippen molar-refractivity contribution in [3.63, 3.8) is 0 Å². The summed E-state index contributed by atoms with van der Waals surface area (Å²) in [6.07, 6.45) is 0. The van der Waals surface area contributed by atoms with Gasteiger partial charge in [0.2, 0.25) is 6.71 Å². The van der Waals surface area contributed by atoms with E-state index in [-0.39, 0.29) is 6.71 Å². The lowest BCUT2D eigenvalue weighted by Crippen LogP contribution is -2.58. The Morgan fingerprint density at radius 1 is 0.370 bits per heavy atom. The van der Waals surface area contributed by atoms with Crippen LogP contribution in [0, 0.1) is 0 Å². The van der Waals surface area contributed by atoms with Gasteiger partial charge < -0.3 is 14.4 Å². The fourth-order valence-corrected chi connectivity index (χ4v) is 7.89. The average molecular weight is 586 g/mol. The molecule has 8 aromatic rings. The molecule has 0 amide bonds. The van der Waals surface area contributed by atoms with Crippen LogP contribution in [0.15, 0.2) is 170 Å². The normalized spacial score (nSPS) is 13.1. The zero-order chi connectivity index (χ0) is 30.2. The molecule has 2 aliphatic rings. The minimum atomic E-state index is 0.0679. The first-order chi connectivity index (χ1) is 22.9. The molecule has 3 heterocycles. The first-order valence-electron chi connectivity index (χ1n) is 15.9. The number of nitrogens with zero attached hydrogens (tertiary/aromatic N) is 3. The molecule has 0 radical (unpaired) electrons. The van der Waals surface area contributed by atoms with E-state index < -0.39 is 0 Å². The molecule has 0 atom stereocenters. The summed E-state index contributed by atoms with van der Waals surface area (Å²) in [6.45, 7) is 0.0679. The molecule has 2 aliphatic heterocycles. The van der Waals surface area contributed by atoms with Gasteiger partial charge in [0.05, 0.1) is 33.8 Å². The molecule has 0 saturated heterocycles. The van der Waals surface area contributed by atoms with Crippen molar-refractivity contribution in [2.75, 3.05) is 9.80 Å². The highest BCUT2D eigenvalue weighted by atomic mass is 15.3. The van der Waals surface area contributed by atoms with E-state index in [9.17, 15) is 0 Å². The standard InChI is InChI=1S/C42H28BN3/c1-3-14-29(15-4-1)43-34-20-13-25-41-42(34)46(40-24-12-11-23-39(40)44(41)30-16-5-2-6-17-30)38-27-26-31(28-35(38)43)45-36-21-9-7-18-32(36)33-19-8-10-22-37(33)45/h1-28H. The number of hydrogen-bond acceptors (Lipinski definition) is 2. The summed E-state index contributed by atoms with van der Waals surface area (Å²) in [5.41, 5.74) is 14.7. The molecule has 0 aliphatic carbocycles. The van der Waals surface area contributed by atoms with E-state index in [1.165, 1.54) is 72.3 Å². The summed E-state index contributed by atoms with van der Waals surface area (Å²) in [5.74, 6) is 0. The molecule has 0 bridgehead atoms. The Balaban J connectivity index is 1.28. The van der Waals surface area contributed by atoms with Crippen molar-refractivity contribution >= 4 is 79.0 Å². The minimum absolute atomic E-state index is 0.0679. The SMILES string of the molecule is c1ccc(B2c3cc(-n4c5ccccc5c5ccccc54)ccc3N3c4ccccc4N(c4ccccc4)c4cccc2c43)cc1. The third-order valence-electron chi connectivity index (χ3n) is 9.73. The topological polar surface area (TPSA) is 11.4 Å². The van der Waals surface area contributed by atoms with Crippen LogP contribution in [0.2, 0.25) is 0 Å². The van der Waals surface area contributed by atoms with E-state index in [1.54, 1.807) is 0 Å². The van der Waals surface area contributed by atoms with E-state index in [0.29, 0.717) is 0 Å². The quantitative estimate of drug-likeness (QED) is 0.192. The lowest BCUT2D eigenvalue weighted by molar-refractivity contribution is 1.16. The third-order valence-corrected chi connectivity index (χ3v) is 9.73.